The molecule has 1 unspecified atom stereocenters. The summed E-state index contributed by atoms with van der Waals surface area (Å²) in [5, 5.41) is 0. The highest BCUT2D eigenvalue weighted by Crippen LogP contribution is 2.32. The van der Waals surface area contributed by atoms with Crippen LogP contribution >= 0.6 is 27.3 Å². The van der Waals surface area contributed by atoms with Gasteiger partial charge in [-0.2, -0.15) is 0 Å². The zero-order chi connectivity index (χ0) is 12.6. The molecule has 2 aromatic rings. The van der Waals surface area contributed by atoms with Gasteiger partial charge in [-0.1, -0.05) is 18.2 Å². The van der Waals surface area contributed by atoms with Crippen LogP contribution in [0, 0.1) is 20.8 Å². The van der Waals surface area contributed by atoms with Crippen LogP contribution in [0.5, 0.6) is 0 Å². The number of rotatable bonds is 2. The number of hydrogen-bond acceptors (Lipinski definition) is 2. The first-order chi connectivity index (χ1) is 7.99. The Bertz CT molecular complexity index is 545. The molecule has 1 heterocycles. The van der Waals surface area contributed by atoms with Crippen molar-refractivity contribution in [2.75, 3.05) is 0 Å². The fourth-order valence-electron chi connectivity index (χ4n) is 1.90. The lowest BCUT2D eigenvalue weighted by molar-refractivity contribution is 0.866. The molecule has 0 spiro atoms. The van der Waals surface area contributed by atoms with E-state index in [4.69, 9.17) is 5.73 Å². The molecule has 3 heteroatoms. The third kappa shape index (κ3) is 2.62. The Morgan fingerprint density at radius 3 is 2.35 bits per heavy atom. The number of aryl methyl sites for hydroxylation is 3. The molecule has 0 aliphatic rings. The van der Waals surface area contributed by atoms with E-state index in [2.05, 4.69) is 61.0 Å². The predicted octanol–water partition coefficient (Wildman–Crippen LogP) is 4.48. The molecule has 90 valence electrons. The maximum absolute atomic E-state index is 6.34. The second kappa shape index (κ2) is 4.92. The SMILES string of the molecule is Cc1ccc(C(N)c2cc(Br)sc2C)cc1C. The Kier molecular flexibility index (Phi) is 3.71. The third-order valence-corrected chi connectivity index (χ3v) is 4.72. The van der Waals surface area contributed by atoms with Gasteiger partial charge >= 0.3 is 0 Å². The van der Waals surface area contributed by atoms with Crippen molar-refractivity contribution in [3.63, 3.8) is 0 Å². The van der Waals surface area contributed by atoms with Crippen LogP contribution in [0.3, 0.4) is 0 Å². The third-order valence-electron chi connectivity index (χ3n) is 3.15. The normalized spacial score (nSPS) is 12.8. The summed E-state index contributed by atoms with van der Waals surface area (Å²) in [7, 11) is 0. The largest absolute Gasteiger partial charge is 0.320 e. The number of thiophene rings is 1. The summed E-state index contributed by atoms with van der Waals surface area (Å²) in [6.45, 7) is 6.37. The highest BCUT2D eigenvalue weighted by Gasteiger charge is 2.14. The highest BCUT2D eigenvalue weighted by molar-refractivity contribution is 9.11. The van der Waals surface area contributed by atoms with Crippen LogP contribution in [0.2, 0.25) is 0 Å². The first-order valence-corrected chi connectivity index (χ1v) is 7.18. The first kappa shape index (κ1) is 12.8. The quantitative estimate of drug-likeness (QED) is 0.869. The van der Waals surface area contributed by atoms with Gasteiger partial charge in [0.1, 0.15) is 0 Å². The summed E-state index contributed by atoms with van der Waals surface area (Å²) >= 11 is 5.25. The molecule has 0 fully saturated rings. The van der Waals surface area contributed by atoms with Crippen molar-refractivity contribution in [2.24, 2.45) is 5.73 Å². The average molecular weight is 310 g/mol. The van der Waals surface area contributed by atoms with Gasteiger partial charge in [-0.05, 0) is 65.0 Å². The maximum atomic E-state index is 6.34. The van der Waals surface area contributed by atoms with Crippen molar-refractivity contribution >= 4 is 27.3 Å². The molecule has 2 N–H and O–H groups in total. The Morgan fingerprint density at radius 1 is 1.12 bits per heavy atom. The second-order valence-corrected chi connectivity index (χ2v) is 7.02. The molecule has 0 saturated carbocycles. The molecular weight excluding hydrogens is 294 g/mol. The van der Waals surface area contributed by atoms with Crippen molar-refractivity contribution < 1.29 is 0 Å². The van der Waals surface area contributed by atoms with E-state index in [0.29, 0.717) is 0 Å². The van der Waals surface area contributed by atoms with Gasteiger partial charge in [0.2, 0.25) is 0 Å². The van der Waals surface area contributed by atoms with Crippen molar-refractivity contribution in [1.29, 1.82) is 0 Å². The van der Waals surface area contributed by atoms with E-state index in [-0.39, 0.29) is 6.04 Å². The fraction of sp³-hybridized carbons (Fsp3) is 0.286. The van der Waals surface area contributed by atoms with Crippen LogP contribution in [-0.2, 0) is 0 Å². The number of halogens is 1. The van der Waals surface area contributed by atoms with Crippen molar-refractivity contribution in [2.45, 2.75) is 26.8 Å². The second-order valence-electron chi connectivity index (χ2n) is 4.38. The summed E-state index contributed by atoms with van der Waals surface area (Å²) in [5.74, 6) is 0. The van der Waals surface area contributed by atoms with Gasteiger partial charge in [0.15, 0.2) is 0 Å². The molecule has 0 amide bonds. The fourth-order valence-corrected chi connectivity index (χ4v) is 3.66. The average Bonchev–Trinajstić information content (AvgIpc) is 2.61. The lowest BCUT2D eigenvalue weighted by Crippen LogP contribution is -2.12. The molecule has 17 heavy (non-hydrogen) atoms. The van der Waals surface area contributed by atoms with E-state index in [0.717, 1.165) is 3.79 Å². The van der Waals surface area contributed by atoms with E-state index < -0.39 is 0 Å². The van der Waals surface area contributed by atoms with Crippen molar-refractivity contribution in [3.05, 3.63) is 55.2 Å². The standard InChI is InChI=1S/C14H16BrNS/c1-8-4-5-11(6-9(8)2)14(16)12-7-13(15)17-10(12)3/h4-7,14H,16H2,1-3H3. The van der Waals surface area contributed by atoms with Gasteiger partial charge in [-0.15, -0.1) is 11.3 Å². The smallest absolute Gasteiger partial charge is 0.0704 e. The van der Waals surface area contributed by atoms with Gasteiger partial charge in [-0.3, -0.25) is 0 Å². The van der Waals surface area contributed by atoms with Gasteiger partial charge in [0.25, 0.3) is 0 Å². The summed E-state index contributed by atoms with van der Waals surface area (Å²) in [5.41, 5.74) is 11.3. The lowest BCUT2D eigenvalue weighted by atomic mass is 9.97. The van der Waals surface area contributed by atoms with Gasteiger partial charge in [-0.25, -0.2) is 0 Å². The summed E-state index contributed by atoms with van der Waals surface area (Å²) in [4.78, 5) is 1.28. The van der Waals surface area contributed by atoms with E-state index in [9.17, 15) is 0 Å². The Hall–Kier alpha value is -0.640. The van der Waals surface area contributed by atoms with Crippen LogP contribution in [0.15, 0.2) is 28.1 Å². The van der Waals surface area contributed by atoms with Gasteiger partial charge in [0.05, 0.1) is 9.83 Å². The van der Waals surface area contributed by atoms with E-state index in [1.54, 1.807) is 11.3 Å². The minimum atomic E-state index is -0.0307. The molecule has 1 aromatic carbocycles. The summed E-state index contributed by atoms with van der Waals surface area (Å²) in [6.07, 6.45) is 0. The van der Waals surface area contributed by atoms with E-state index in [1.165, 1.54) is 27.1 Å². The van der Waals surface area contributed by atoms with Gasteiger partial charge in [0, 0.05) is 4.88 Å². The Morgan fingerprint density at radius 2 is 1.82 bits per heavy atom. The van der Waals surface area contributed by atoms with Crippen LogP contribution in [0.1, 0.15) is 33.2 Å². The molecule has 0 saturated heterocycles. The summed E-state index contributed by atoms with van der Waals surface area (Å²) < 4.78 is 1.14. The van der Waals surface area contributed by atoms with Crippen molar-refractivity contribution in [3.8, 4) is 0 Å². The molecule has 0 aliphatic carbocycles. The molecule has 0 radical (unpaired) electrons. The molecular formula is C14H16BrNS. The Balaban J connectivity index is 2.40. The zero-order valence-corrected chi connectivity index (χ0v) is 12.7. The topological polar surface area (TPSA) is 26.0 Å². The number of benzene rings is 1. The molecule has 2 rings (SSSR count). The minimum Gasteiger partial charge on any atom is -0.320 e. The minimum absolute atomic E-state index is 0.0307. The highest BCUT2D eigenvalue weighted by atomic mass is 79.9. The molecule has 1 nitrogen and oxygen atoms in total. The van der Waals surface area contributed by atoms with Crippen molar-refractivity contribution in [1.82, 2.24) is 0 Å². The molecule has 0 bridgehead atoms. The van der Waals surface area contributed by atoms with Crippen LogP contribution in [0.25, 0.3) is 0 Å². The monoisotopic (exact) mass is 309 g/mol. The predicted molar refractivity (Wildman–Crippen MR) is 78.7 cm³/mol. The van der Waals surface area contributed by atoms with Crippen LogP contribution in [0.4, 0.5) is 0 Å². The molecule has 0 aliphatic heterocycles. The van der Waals surface area contributed by atoms with Crippen LogP contribution < -0.4 is 5.73 Å². The van der Waals surface area contributed by atoms with E-state index >= 15 is 0 Å². The first-order valence-electron chi connectivity index (χ1n) is 5.57. The number of nitrogens with two attached hydrogens (primary N) is 1. The summed E-state index contributed by atoms with van der Waals surface area (Å²) in [6, 6.07) is 8.54. The van der Waals surface area contributed by atoms with Gasteiger partial charge < -0.3 is 5.73 Å². The molecule has 1 atom stereocenters. The Labute approximate surface area is 115 Å². The lowest BCUT2D eigenvalue weighted by Gasteiger charge is -2.13. The zero-order valence-electron chi connectivity index (χ0n) is 10.3. The number of hydrogen-bond donors (Lipinski definition) is 1. The van der Waals surface area contributed by atoms with E-state index in [1.807, 2.05) is 0 Å². The molecule has 1 aromatic heterocycles. The van der Waals surface area contributed by atoms with Crippen LogP contribution in [-0.4, -0.2) is 0 Å². The maximum Gasteiger partial charge on any atom is 0.0704 e.